The van der Waals surface area contributed by atoms with Gasteiger partial charge in [0.1, 0.15) is 35.0 Å². The van der Waals surface area contributed by atoms with Crippen molar-refractivity contribution >= 4 is 40.7 Å². The number of ketones is 6. The van der Waals surface area contributed by atoms with Gasteiger partial charge >= 0.3 is 5.97 Å². The van der Waals surface area contributed by atoms with E-state index in [-0.39, 0.29) is 67.4 Å². The normalized spacial score (nSPS) is 13.8. The summed E-state index contributed by atoms with van der Waals surface area (Å²) in [6.45, 7) is 4.94. The molecular formula is C35H50O9. The van der Waals surface area contributed by atoms with Gasteiger partial charge in [-0.25, -0.2) is 0 Å². The van der Waals surface area contributed by atoms with Crippen LogP contribution in [0.3, 0.4) is 0 Å². The Balaban J connectivity index is 3.17. The number of rotatable bonds is 26. The van der Waals surface area contributed by atoms with Gasteiger partial charge in [0.05, 0.1) is 6.42 Å². The lowest BCUT2D eigenvalue weighted by atomic mass is 9.80. The van der Waals surface area contributed by atoms with Crippen LogP contribution in [0, 0.1) is 17.8 Å². The molecule has 9 nitrogen and oxygen atoms in total. The van der Waals surface area contributed by atoms with Crippen molar-refractivity contribution in [2.75, 3.05) is 0 Å². The predicted molar refractivity (Wildman–Crippen MR) is 166 cm³/mol. The summed E-state index contributed by atoms with van der Waals surface area (Å²) in [6, 6.07) is 9.04. The van der Waals surface area contributed by atoms with Crippen LogP contribution in [0.15, 0.2) is 30.3 Å². The van der Waals surface area contributed by atoms with Crippen molar-refractivity contribution in [2.45, 2.75) is 123 Å². The van der Waals surface area contributed by atoms with E-state index in [1.54, 1.807) is 12.1 Å². The highest BCUT2D eigenvalue weighted by Gasteiger charge is 2.32. The second-order valence-electron chi connectivity index (χ2n) is 12.0. The molecule has 0 heterocycles. The van der Waals surface area contributed by atoms with E-state index in [9.17, 15) is 38.7 Å². The first-order chi connectivity index (χ1) is 20.8. The highest BCUT2D eigenvalue weighted by molar-refractivity contribution is 5.95. The molecule has 1 aromatic rings. The fourth-order valence-electron chi connectivity index (χ4n) is 5.34. The van der Waals surface area contributed by atoms with Crippen LogP contribution in [0.5, 0.6) is 0 Å². The molecule has 4 unspecified atom stereocenters. The van der Waals surface area contributed by atoms with Gasteiger partial charge in [0.2, 0.25) is 0 Å². The summed E-state index contributed by atoms with van der Waals surface area (Å²) < 4.78 is 0. The molecule has 0 aliphatic carbocycles. The lowest BCUT2D eigenvalue weighted by Gasteiger charge is -2.23. The third kappa shape index (κ3) is 16.5. The minimum Gasteiger partial charge on any atom is -0.481 e. The number of carbonyl (C=O) groups excluding carboxylic acids is 6. The molecule has 0 bridgehead atoms. The molecule has 0 amide bonds. The molecule has 0 saturated heterocycles. The summed E-state index contributed by atoms with van der Waals surface area (Å²) in [5.41, 5.74) is 0.793. The molecule has 1 aromatic carbocycles. The van der Waals surface area contributed by atoms with Crippen LogP contribution in [0.2, 0.25) is 0 Å². The number of carbonyl (C=O) groups is 7. The third-order valence-electron chi connectivity index (χ3n) is 7.98. The second-order valence-corrected chi connectivity index (χ2v) is 12.0. The Hall–Kier alpha value is -3.33. The van der Waals surface area contributed by atoms with Gasteiger partial charge in [-0.15, -0.1) is 0 Å². The van der Waals surface area contributed by atoms with Gasteiger partial charge in [0.15, 0.2) is 5.78 Å². The zero-order valence-electron chi connectivity index (χ0n) is 26.6. The molecule has 9 heteroatoms. The first kappa shape index (κ1) is 38.7. The lowest BCUT2D eigenvalue weighted by Crippen LogP contribution is -2.31. The average Bonchev–Trinajstić information content (AvgIpc) is 2.96. The van der Waals surface area contributed by atoms with Crippen LogP contribution in [-0.4, -0.2) is 57.0 Å². The summed E-state index contributed by atoms with van der Waals surface area (Å²) in [6.07, 6.45) is 2.23. The zero-order chi connectivity index (χ0) is 33.1. The molecule has 44 heavy (non-hydrogen) atoms. The van der Waals surface area contributed by atoms with Crippen LogP contribution in [0.4, 0.5) is 0 Å². The van der Waals surface area contributed by atoms with E-state index in [1.807, 2.05) is 25.1 Å². The summed E-state index contributed by atoms with van der Waals surface area (Å²) >= 11 is 0. The van der Waals surface area contributed by atoms with Crippen molar-refractivity contribution in [1.82, 2.24) is 0 Å². The molecule has 0 saturated carbocycles. The Morgan fingerprint density at radius 3 is 1.68 bits per heavy atom. The molecule has 0 aromatic heterocycles. The summed E-state index contributed by atoms with van der Waals surface area (Å²) in [5.74, 6) is -4.95. The van der Waals surface area contributed by atoms with Crippen LogP contribution in [0.25, 0.3) is 0 Å². The second kappa shape index (κ2) is 21.4. The number of aliphatic hydroxyl groups is 1. The molecule has 0 spiro atoms. The molecule has 0 aliphatic heterocycles. The SMILES string of the molecule is CCCCCC(CC(=O)C(CC(=O)C(O)CC(=O)O)Cc1ccccc1)C(=O)CC(CCCCC(C)=O)C(=O)CCC(C)=O. The molecule has 2 N–H and O–H groups in total. The van der Waals surface area contributed by atoms with E-state index in [0.717, 1.165) is 18.4 Å². The maximum Gasteiger partial charge on any atom is 0.306 e. The van der Waals surface area contributed by atoms with Gasteiger partial charge in [-0.2, -0.15) is 0 Å². The van der Waals surface area contributed by atoms with Crippen molar-refractivity contribution in [1.29, 1.82) is 0 Å². The minimum atomic E-state index is -1.73. The molecule has 0 radical (unpaired) electrons. The monoisotopic (exact) mass is 614 g/mol. The van der Waals surface area contributed by atoms with Crippen LogP contribution < -0.4 is 0 Å². The van der Waals surface area contributed by atoms with E-state index >= 15 is 0 Å². The fraction of sp³-hybridized carbons (Fsp3) is 0.629. The van der Waals surface area contributed by atoms with Crippen LogP contribution in [-0.2, 0) is 40.0 Å². The number of Topliss-reactive ketones (excluding diaryl/α,β-unsaturated/α-hetero) is 6. The number of aliphatic carboxylic acids is 1. The van der Waals surface area contributed by atoms with E-state index < -0.39 is 42.0 Å². The number of hydrogen-bond acceptors (Lipinski definition) is 8. The maximum absolute atomic E-state index is 13.7. The highest BCUT2D eigenvalue weighted by Crippen LogP contribution is 2.27. The van der Waals surface area contributed by atoms with Gasteiger partial charge in [-0.05, 0) is 45.1 Å². The van der Waals surface area contributed by atoms with Gasteiger partial charge in [-0.1, -0.05) is 62.9 Å². The molecule has 244 valence electrons. The van der Waals surface area contributed by atoms with E-state index in [4.69, 9.17) is 5.11 Å². The lowest BCUT2D eigenvalue weighted by molar-refractivity contribution is -0.143. The molecule has 0 fully saturated rings. The Morgan fingerprint density at radius 1 is 0.614 bits per heavy atom. The van der Waals surface area contributed by atoms with Gasteiger partial charge < -0.3 is 19.8 Å². The predicted octanol–water partition coefficient (Wildman–Crippen LogP) is 5.46. The minimum absolute atomic E-state index is 0.0410. The van der Waals surface area contributed by atoms with Crippen LogP contribution in [0.1, 0.15) is 116 Å². The number of carboxylic acids is 1. The van der Waals surface area contributed by atoms with Crippen molar-refractivity contribution < 1.29 is 43.8 Å². The number of hydrogen-bond donors (Lipinski definition) is 2. The van der Waals surface area contributed by atoms with Crippen molar-refractivity contribution in [3.8, 4) is 0 Å². The van der Waals surface area contributed by atoms with E-state index in [0.29, 0.717) is 38.5 Å². The van der Waals surface area contributed by atoms with Crippen LogP contribution >= 0.6 is 0 Å². The van der Waals surface area contributed by atoms with Gasteiger partial charge in [0, 0.05) is 56.3 Å². The van der Waals surface area contributed by atoms with Gasteiger partial charge in [0.25, 0.3) is 0 Å². The first-order valence-electron chi connectivity index (χ1n) is 15.9. The Morgan fingerprint density at radius 2 is 1.14 bits per heavy atom. The Labute approximate surface area is 261 Å². The largest absolute Gasteiger partial charge is 0.481 e. The molecule has 4 atom stereocenters. The van der Waals surface area contributed by atoms with Crippen molar-refractivity contribution in [2.24, 2.45) is 17.8 Å². The summed E-state index contributed by atoms with van der Waals surface area (Å²) in [4.78, 5) is 87.0. The van der Waals surface area contributed by atoms with Crippen molar-refractivity contribution in [3.05, 3.63) is 35.9 Å². The standard InChI is InChI=1S/C35H50O9/c1-4-5-7-15-28(31(39)20-27(16-11-10-12-24(2)36)30(38)18-17-25(3)37)21-32(40)29(19-26-13-8-6-9-14-26)22-33(41)34(42)23-35(43)44/h6,8-9,13-14,27-29,34,42H,4-5,7,10-12,15-23H2,1-3H3,(H,43,44). The smallest absolute Gasteiger partial charge is 0.306 e. The van der Waals surface area contributed by atoms with E-state index in [2.05, 4.69) is 0 Å². The first-order valence-corrected chi connectivity index (χ1v) is 15.9. The van der Waals surface area contributed by atoms with Crippen molar-refractivity contribution in [3.63, 3.8) is 0 Å². The molecule has 0 aliphatic rings. The maximum atomic E-state index is 13.7. The topological polar surface area (TPSA) is 160 Å². The summed E-state index contributed by atoms with van der Waals surface area (Å²) in [7, 11) is 0. The number of carboxylic acid groups (broad SMARTS) is 1. The molecular weight excluding hydrogens is 564 g/mol. The third-order valence-corrected chi connectivity index (χ3v) is 7.98. The average molecular weight is 615 g/mol. The number of aliphatic hydroxyl groups excluding tert-OH is 1. The van der Waals surface area contributed by atoms with E-state index in [1.165, 1.54) is 13.8 Å². The zero-order valence-corrected chi connectivity index (χ0v) is 26.6. The number of benzene rings is 1. The quantitative estimate of drug-likeness (QED) is 0.129. The highest BCUT2D eigenvalue weighted by atomic mass is 16.4. The summed E-state index contributed by atoms with van der Waals surface area (Å²) in [5, 5.41) is 19.1. The van der Waals surface area contributed by atoms with Gasteiger partial charge in [-0.3, -0.25) is 24.0 Å². The Kier molecular flexibility index (Phi) is 18.8. The molecule has 1 rings (SSSR count). The number of unbranched alkanes of at least 4 members (excludes halogenated alkanes) is 3. The fourth-order valence-corrected chi connectivity index (χ4v) is 5.34. The Bertz CT molecular complexity index is 1110.